The van der Waals surface area contributed by atoms with Crippen molar-refractivity contribution in [2.75, 3.05) is 19.7 Å². The van der Waals surface area contributed by atoms with Gasteiger partial charge in [0.25, 0.3) is 0 Å². The number of ether oxygens (including phenoxy) is 1. The molecular formula is C16H26N2O. The monoisotopic (exact) mass is 262 g/mol. The Balaban J connectivity index is 2.03. The summed E-state index contributed by atoms with van der Waals surface area (Å²) in [6.07, 6.45) is 2.29. The van der Waals surface area contributed by atoms with E-state index in [0.29, 0.717) is 6.54 Å². The number of benzene rings is 1. The van der Waals surface area contributed by atoms with Gasteiger partial charge in [0.2, 0.25) is 0 Å². The molecule has 0 radical (unpaired) electrons. The Labute approximate surface area is 116 Å². The maximum Gasteiger partial charge on any atom is 0.0779 e. The van der Waals surface area contributed by atoms with Crippen LogP contribution in [0.25, 0.3) is 0 Å². The minimum Gasteiger partial charge on any atom is -0.374 e. The van der Waals surface area contributed by atoms with Crippen molar-refractivity contribution >= 4 is 0 Å². The van der Waals surface area contributed by atoms with Crippen LogP contribution < -0.4 is 11.1 Å². The first kappa shape index (κ1) is 14.5. The molecule has 106 valence electrons. The molecule has 1 saturated heterocycles. The molecule has 2 atom stereocenters. The molecule has 19 heavy (non-hydrogen) atoms. The molecule has 0 aromatic heterocycles. The van der Waals surface area contributed by atoms with Crippen LogP contribution in [0.4, 0.5) is 0 Å². The van der Waals surface area contributed by atoms with Crippen molar-refractivity contribution in [3.63, 3.8) is 0 Å². The first-order valence-electron chi connectivity index (χ1n) is 7.19. The fraction of sp³-hybridized carbons (Fsp3) is 0.625. The van der Waals surface area contributed by atoms with Crippen LogP contribution in [-0.2, 0) is 4.74 Å². The smallest absolute Gasteiger partial charge is 0.0779 e. The molecule has 0 bridgehead atoms. The number of nitrogens with two attached hydrogens (primary N) is 1. The highest BCUT2D eigenvalue weighted by Crippen LogP contribution is 2.25. The minimum atomic E-state index is -0.0218. The Hall–Kier alpha value is -0.900. The Kier molecular flexibility index (Phi) is 4.61. The van der Waals surface area contributed by atoms with Crippen LogP contribution in [0.2, 0.25) is 0 Å². The highest BCUT2D eigenvalue weighted by molar-refractivity contribution is 5.33. The van der Waals surface area contributed by atoms with Gasteiger partial charge < -0.3 is 15.8 Å². The van der Waals surface area contributed by atoms with Gasteiger partial charge in [-0.15, -0.1) is 0 Å². The van der Waals surface area contributed by atoms with Gasteiger partial charge in [-0.25, -0.2) is 0 Å². The third kappa shape index (κ3) is 3.56. The molecule has 0 spiro atoms. The van der Waals surface area contributed by atoms with Crippen molar-refractivity contribution in [1.82, 2.24) is 5.32 Å². The summed E-state index contributed by atoms with van der Waals surface area (Å²) in [6.45, 7) is 8.81. The molecule has 3 heteroatoms. The molecular weight excluding hydrogens is 236 g/mol. The molecule has 1 heterocycles. The quantitative estimate of drug-likeness (QED) is 0.857. The Morgan fingerprint density at radius 1 is 1.42 bits per heavy atom. The molecule has 3 nitrogen and oxygen atoms in total. The van der Waals surface area contributed by atoms with Gasteiger partial charge in [-0.3, -0.25) is 0 Å². The molecule has 0 aliphatic carbocycles. The van der Waals surface area contributed by atoms with Crippen molar-refractivity contribution in [3.05, 3.63) is 34.9 Å². The lowest BCUT2D eigenvalue weighted by Gasteiger charge is -2.28. The maximum atomic E-state index is 5.94. The molecule has 2 rings (SSSR count). The van der Waals surface area contributed by atoms with E-state index in [0.717, 1.165) is 26.0 Å². The first-order chi connectivity index (χ1) is 9.04. The fourth-order valence-corrected chi connectivity index (χ4v) is 2.85. The first-order valence-corrected chi connectivity index (χ1v) is 7.19. The van der Waals surface area contributed by atoms with E-state index in [1.165, 1.54) is 16.7 Å². The number of nitrogens with one attached hydrogen (secondary N) is 1. The second-order valence-corrected chi connectivity index (χ2v) is 5.93. The number of hydrogen-bond acceptors (Lipinski definition) is 3. The SMILES string of the molecule is Cc1ccc(C(CN)NCC2(C)CCCO2)c(C)c1. The average molecular weight is 262 g/mol. The Bertz CT molecular complexity index is 425. The normalized spacial score (nSPS) is 24.6. The van der Waals surface area contributed by atoms with E-state index in [9.17, 15) is 0 Å². The van der Waals surface area contributed by atoms with E-state index in [4.69, 9.17) is 10.5 Å². The fourth-order valence-electron chi connectivity index (χ4n) is 2.85. The third-order valence-electron chi connectivity index (χ3n) is 4.06. The molecule has 3 N–H and O–H groups in total. The van der Waals surface area contributed by atoms with E-state index < -0.39 is 0 Å². The molecule has 1 fully saturated rings. The summed E-state index contributed by atoms with van der Waals surface area (Å²) in [5.41, 5.74) is 9.82. The molecule has 1 aliphatic rings. The summed E-state index contributed by atoms with van der Waals surface area (Å²) >= 11 is 0. The number of rotatable bonds is 5. The molecule has 2 unspecified atom stereocenters. The summed E-state index contributed by atoms with van der Waals surface area (Å²) < 4.78 is 5.82. The topological polar surface area (TPSA) is 47.3 Å². The second kappa shape index (κ2) is 6.04. The number of hydrogen-bond donors (Lipinski definition) is 2. The van der Waals surface area contributed by atoms with Crippen LogP contribution in [0.1, 0.15) is 42.5 Å². The lowest BCUT2D eigenvalue weighted by Crippen LogP contribution is -2.41. The van der Waals surface area contributed by atoms with Gasteiger partial charge in [-0.2, -0.15) is 0 Å². The average Bonchev–Trinajstić information content (AvgIpc) is 2.79. The van der Waals surface area contributed by atoms with Gasteiger partial charge in [0, 0.05) is 25.7 Å². The van der Waals surface area contributed by atoms with Crippen LogP contribution in [0, 0.1) is 13.8 Å². The minimum absolute atomic E-state index is 0.0218. The molecule has 1 aromatic carbocycles. The van der Waals surface area contributed by atoms with Crippen LogP contribution in [0.15, 0.2) is 18.2 Å². The van der Waals surface area contributed by atoms with Crippen molar-refractivity contribution < 1.29 is 4.74 Å². The lowest BCUT2D eigenvalue weighted by molar-refractivity contribution is 0.0189. The van der Waals surface area contributed by atoms with Gasteiger partial charge in [0.15, 0.2) is 0 Å². The predicted octanol–water partition coefficient (Wildman–Crippen LogP) is 2.46. The summed E-state index contributed by atoms with van der Waals surface area (Å²) in [4.78, 5) is 0. The van der Waals surface area contributed by atoms with Gasteiger partial charge in [-0.05, 0) is 44.7 Å². The standard InChI is InChI=1S/C16H26N2O/c1-12-5-6-14(13(2)9-12)15(10-17)18-11-16(3)7-4-8-19-16/h5-6,9,15,18H,4,7-8,10-11,17H2,1-3H3. The summed E-state index contributed by atoms with van der Waals surface area (Å²) in [5, 5.41) is 3.58. The van der Waals surface area contributed by atoms with E-state index in [-0.39, 0.29) is 11.6 Å². The van der Waals surface area contributed by atoms with E-state index in [1.54, 1.807) is 0 Å². The van der Waals surface area contributed by atoms with Crippen molar-refractivity contribution in [2.24, 2.45) is 5.73 Å². The van der Waals surface area contributed by atoms with Gasteiger partial charge in [-0.1, -0.05) is 23.8 Å². The van der Waals surface area contributed by atoms with Gasteiger partial charge in [0.05, 0.1) is 5.60 Å². The Morgan fingerprint density at radius 2 is 2.21 bits per heavy atom. The van der Waals surface area contributed by atoms with E-state index in [2.05, 4.69) is 44.3 Å². The largest absolute Gasteiger partial charge is 0.374 e. The zero-order valence-electron chi connectivity index (χ0n) is 12.3. The molecule has 1 aliphatic heterocycles. The van der Waals surface area contributed by atoms with Crippen LogP contribution >= 0.6 is 0 Å². The Morgan fingerprint density at radius 3 is 2.79 bits per heavy atom. The van der Waals surface area contributed by atoms with E-state index in [1.807, 2.05) is 0 Å². The van der Waals surface area contributed by atoms with Crippen molar-refractivity contribution in [2.45, 2.75) is 45.3 Å². The van der Waals surface area contributed by atoms with Crippen molar-refractivity contribution in [1.29, 1.82) is 0 Å². The second-order valence-electron chi connectivity index (χ2n) is 5.93. The predicted molar refractivity (Wildman–Crippen MR) is 79.3 cm³/mol. The zero-order chi connectivity index (χ0) is 13.9. The number of aryl methyl sites for hydroxylation is 2. The van der Waals surface area contributed by atoms with Gasteiger partial charge in [0.1, 0.15) is 0 Å². The third-order valence-corrected chi connectivity index (χ3v) is 4.06. The highest BCUT2D eigenvalue weighted by Gasteiger charge is 2.30. The summed E-state index contributed by atoms with van der Waals surface area (Å²) in [5.74, 6) is 0. The molecule has 0 amide bonds. The zero-order valence-corrected chi connectivity index (χ0v) is 12.3. The highest BCUT2D eigenvalue weighted by atomic mass is 16.5. The maximum absolute atomic E-state index is 5.94. The lowest BCUT2D eigenvalue weighted by atomic mass is 9.97. The molecule has 0 saturated carbocycles. The van der Waals surface area contributed by atoms with Crippen LogP contribution in [-0.4, -0.2) is 25.3 Å². The van der Waals surface area contributed by atoms with Crippen LogP contribution in [0.5, 0.6) is 0 Å². The van der Waals surface area contributed by atoms with Crippen molar-refractivity contribution in [3.8, 4) is 0 Å². The van der Waals surface area contributed by atoms with E-state index >= 15 is 0 Å². The molecule has 1 aromatic rings. The summed E-state index contributed by atoms with van der Waals surface area (Å²) in [6, 6.07) is 6.77. The van der Waals surface area contributed by atoms with Gasteiger partial charge >= 0.3 is 0 Å². The summed E-state index contributed by atoms with van der Waals surface area (Å²) in [7, 11) is 0. The van der Waals surface area contributed by atoms with Crippen LogP contribution in [0.3, 0.4) is 0 Å².